The molecule has 2 heterocycles. The monoisotopic (exact) mass is 381 g/mol. The van der Waals surface area contributed by atoms with Crippen LogP contribution in [0.15, 0.2) is 29.8 Å². The van der Waals surface area contributed by atoms with E-state index < -0.39 is 5.91 Å². The lowest BCUT2D eigenvalue weighted by Crippen LogP contribution is -2.53. The molecular formula is C21H23N3O2S. The third kappa shape index (κ3) is 3.21. The number of nitrogens with zero attached hydrogens (tertiary/aromatic N) is 2. The van der Waals surface area contributed by atoms with Crippen LogP contribution in [0.5, 0.6) is 0 Å². The molecule has 140 valence electrons. The quantitative estimate of drug-likeness (QED) is 0.504. The average molecular weight is 382 g/mol. The predicted octanol–water partition coefficient (Wildman–Crippen LogP) is 3.36. The van der Waals surface area contributed by atoms with Crippen LogP contribution in [0.1, 0.15) is 35.0 Å². The molecule has 2 aromatic rings. The van der Waals surface area contributed by atoms with Crippen molar-refractivity contribution in [3.8, 4) is 5.69 Å². The number of nitrogens with one attached hydrogen (secondary N) is 1. The summed E-state index contributed by atoms with van der Waals surface area (Å²) in [6.45, 7) is 10.4. The Morgan fingerprint density at radius 3 is 2.52 bits per heavy atom. The highest BCUT2D eigenvalue weighted by Crippen LogP contribution is 2.27. The van der Waals surface area contributed by atoms with E-state index in [1.165, 1.54) is 16.0 Å². The van der Waals surface area contributed by atoms with Gasteiger partial charge in [-0.2, -0.15) is 0 Å². The molecule has 1 aromatic carbocycles. The second-order valence-corrected chi connectivity index (χ2v) is 7.13. The van der Waals surface area contributed by atoms with Gasteiger partial charge in [0.15, 0.2) is 5.11 Å². The summed E-state index contributed by atoms with van der Waals surface area (Å²) >= 11 is 5.08. The summed E-state index contributed by atoms with van der Waals surface area (Å²) in [5, 5.41) is 2.75. The second-order valence-electron chi connectivity index (χ2n) is 6.75. The molecule has 1 fully saturated rings. The van der Waals surface area contributed by atoms with Crippen LogP contribution in [0.4, 0.5) is 0 Å². The maximum absolute atomic E-state index is 12.7. The van der Waals surface area contributed by atoms with Crippen molar-refractivity contribution in [1.29, 1.82) is 0 Å². The van der Waals surface area contributed by atoms with Crippen molar-refractivity contribution < 1.29 is 9.59 Å². The molecule has 1 saturated heterocycles. The first-order valence-corrected chi connectivity index (χ1v) is 9.31. The molecule has 0 saturated carbocycles. The highest BCUT2D eigenvalue weighted by Gasteiger charge is 2.32. The number of thiocarbonyl (C=S) groups is 1. The van der Waals surface area contributed by atoms with Crippen molar-refractivity contribution in [1.82, 2.24) is 14.8 Å². The number of hydrogen-bond donors (Lipinski definition) is 1. The fraction of sp³-hybridized carbons (Fsp3) is 0.286. The Morgan fingerprint density at radius 1 is 1.15 bits per heavy atom. The van der Waals surface area contributed by atoms with Crippen molar-refractivity contribution >= 4 is 35.2 Å². The van der Waals surface area contributed by atoms with Crippen molar-refractivity contribution in [3.05, 3.63) is 57.9 Å². The van der Waals surface area contributed by atoms with Crippen LogP contribution in [0, 0.1) is 27.7 Å². The molecule has 0 radical (unpaired) electrons. The number of benzene rings is 1. The minimum Gasteiger partial charge on any atom is -0.318 e. The number of carbonyl (C=O) groups excluding carboxylic acids is 2. The van der Waals surface area contributed by atoms with Crippen LogP contribution in [0.25, 0.3) is 11.8 Å². The fourth-order valence-corrected chi connectivity index (χ4v) is 3.72. The van der Waals surface area contributed by atoms with Crippen LogP contribution in [-0.4, -0.2) is 32.9 Å². The zero-order valence-electron chi connectivity index (χ0n) is 16.2. The summed E-state index contributed by atoms with van der Waals surface area (Å²) in [5.41, 5.74) is 6.49. The summed E-state index contributed by atoms with van der Waals surface area (Å²) in [6.07, 6.45) is 1.66. The molecule has 1 aliphatic rings. The minimum atomic E-state index is -0.453. The van der Waals surface area contributed by atoms with Crippen molar-refractivity contribution in [2.45, 2.75) is 34.6 Å². The molecule has 27 heavy (non-hydrogen) atoms. The van der Waals surface area contributed by atoms with Gasteiger partial charge in [0.1, 0.15) is 5.57 Å². The highest BCUT2D eigenvalue weighted by atomic mass is 32.1. The lowest BCUT2D eigenvalue weighted by atomic mass is 10.1. The summed E-state index contributed by atoms with van der Waals surface area (Å²) < 4.78 is 2.15. The molecule has 0 spiro atoms. The number of aryl methyl sites for hydroxylation is 2. The average Bonchev–Trinajstić information content (AvgIpc) is 2.88. The summed E-state index contributed by atoms with van der Waals surface area (Å²) in [7, 11) is 0. The SMILES string of the molecule is CCN1C(=O)C(=Cc2cc(C)n(-c3cccc(C)c3C)c2C)C(=O)NC1=S. The van der Waals surface area contributed by atoms with Crippen molar-refractivity contribution in [3.63, 3.8) is 0 Å². The Balaban J connectivity index is 2.11. The Labute approximate surface area is 164 Å². The molecule has 6 heteroatoms. The van der Waals surface area contributed by atoms with E-state index in [0.717, 1.165) is 22.6 Å². The van der Waals surface area contributed by atoms with E-state index in [2.05, 4.69) is 35.9 Å². The maximum Gasteiger partial charge on any atom is 0.265 e. The van der Waals surface area contributed by atoms with E-state index in [1.54, 1.807) is 6.08 Å². The third-order valence-corrected chi connectivity index (χ3v) is 5.41. The normalized spacial score (nSPS) is 16.3. The fourth-order valence-electron chi connectivity index (χ4n) is 3.42. The molecule has 0 atom stereocenters. The van der Waals surface area contributed by atoms with Gasteiger partial charge in [0.25, 0.3) is 11.8 Å². The molecule has 3 rings (SSSR count). The molecule has 0 aliphatic carbocycles. The molecule has 0 bridgehead atoms. The first-order valence-electron chi connectivity index (χ1n) is 8.90. The molecular weight excluding hydrogens is 358 g/mol. The van der Waals surface area contributed by atoms with Gasteiger partial charge in [-0.15, -0.1) is 0 Å². The van der Waals surface area contributed by atoms with Gasteiger partial charge < -0.3 is 4.57 Å². The Bertz CT molecular complexity index is 1000. The second kappa shape index (κ2) is 7.12. The number of hydrogen-bond acceptors (Lipinski definition) is 3. The molecule has 2 amide bonds. The summed E-state index contributed by atoms with van der Waals surface area (Å²) in [6, 6.07) is 8.19. The van der Waals surface area contributed by atoms with E-state index >= 15 is 0 Å². The Morgan fingerprint density at radius 2 is 1.85 bits per heavy atom. The first-order chi connectivity index (χ1) is 12.8. The zero-order chi connectivity index (χ0) is 19.9. The Kier molecular flexibility index (Phi) is 5.02. The lowest BCUT2D eigenvalue weighted by Gasteiger charge is -2.27. The number of aromatic nitrogens is 1. The minimum absolute atomic E-state index is 0.103. The van der Waals surface area contributed by atoms with Crippen LogP contribution in [-0.2, 0) is 9.59 Å². The largest absolute Gasteiger partial charge is 0.318 e. The van der Waals surface area contributed by atoms with E-state index in [9.17, 15) is 9.59 Å². The van der Waals surface area contributed by atoms with Gasteiger partial charge in [-0.3, -0.25) is 19.8 Å². The van der Waals surface area contributed by atoms with Gasteiger partial charge in [-0.1, -0.05) is 12.1 Å². The van der Waals surface area contributed by atoms with Gasteiger partial charge in [0, 0.05) is 23.6 Å². The summed E-state index contributed by atoms with van der Waals surface area (Å²) in [5.74, 6) is -0.811. The van der Waals surface area contributed by atoms with Gasteiger partial charge in [0.2, 0.25) is 0 Å². The highest BCUT2D eigenvalue weighted by molar-refractivity contribution is 7.80. The van der Waals surface area contributed by atoms with Gasteiger partial charge in [0.05, 0.1) is 0 Å². The Hall–Kier alpha value is -2.73. The standard InChI is InChI=1S/C21H23N3O2S/c1-6-23-20(26)17(19(25)22-21(23)27)11-16-10-13(3)24(15(16)5)18-9-7-8-12(2)14(18)4/h7-11H,6H2,1-5H3,(H,22,25,27). The molecule has 1 aliphatic heterocycles. The van der Waals surface area contributed by atoms with Gasteiger partial charge in [-0.05, 0) is 81.7 Å². The van der Waals surface area contributed by atoms with Crippen LogP contribution in [0.2, 0.25) is 0 Å². The first kappa shape index (κ1) is 19.0. The molecule has 1 aromatic heterocycles. The van der Waals surface area contributed by atoms with Gasteiger partial charge >= 0.3 is 0 Å². The number of amides is 2. The maximum atomic E-state index is 12.7. The van der Waals surface area contributed by atoms with Crippen LogP contribution < -0.4 is 5.32 Å². The number of carbonyl (C=O) groups is 2. The van der Waals surface area contributed by atoms with E-state index in [1.807, 2.05) is 32.9 Å². The van der Waals surface area contributed by atoms with E-state index in [4.69, 9.17) is 12.2 Å². The molecule has 0 unspecified atom stereocenters. The zero-order valence-corrected chi connectivity index (χ0v) is 17.0. The number of rotatable bonds is 3. The summed E-state index contributed by atoms with van der Waals surface area (Å²) in [4.78, 5) is 26.4. The van der Waals surface area contributed by atoms with E-state index in [0.29, 0.717) is 6.54 Å². The van der Waals surface area contributed by atoms with Gasteiger partial charge in [-0.25, -0.2) is 0 Å². The van der Waals surface area contributed by atoms with Crippen molar-refractivity contribution in [2.24, 2.45) is 0 Å². The smallest absolute Gasteiger partial charge is 0.265 e. The van der Waals surface area contributed by atoms with Crippen LogP contribution >= 0.6 is 12.2 Å². The topological polar surface area (TPSA) is 54.3 Å². The molecule has 5 nitrogen and oxygen atoms in total. The van der Waals surface area contributed by atoms with E-state index in [-0.39, 0.29) is 16.6 Å². The van der Waals surface area contributed by atoms with Crippen LogP contribution in [0.3, 0.4) is 0 Å². The van der Waals surface area contributed by atoms with Crippen molar-refractivity contribution in [2.75, 3.05) is 6.54 Å². The third-order valence-electron chi connectivity index (χ3n) is 5.09. The lowest BCUT2D eigenvalue weighted by molar-refractivity contribution is -0.128. The molecule has 1 N–H and O–H groups in total. The number of likely N-dealkylation sites (N-methyl/N-ethyl adjacent to an activating group) is 1. The predicted molar refractivity (Wildman–Crippen MR) is 111 cm³/mol.